The highest BCUT2D eigenvalue weighted by Crippen LogP contribution is 2.43. The Balaban J connectivity index is 2.20. The highest BCUT2D eigenvalue weighted by Gasteiger charge is 2.46. The van der Waals surface area contributed by atoms with Gasteiger partial charge < -0.3 is 4.74 Å². The topological polar surface area (TPSA) is 12.5 Å². The number of nitrogens with zero attached hydrogens (tertiary/aromatic N) is 1. The van der Waals surface area contributed by atoms with Crippen molar-refractivity contribution in [2.75, 3.05) is 13.7 Å². The fraction of sp³-hybridized carbons (Fsp3) is 1.00. The van der Waals surface area contributed by atoms with Gasteiger partial charge in [-0.2, -0.15) is 0 Å². The Morgan fingerprint density at radius 2 is 2.25 bits per heavy atom. The van der Waals surface area contributed by atoms with Crippen molar-refractivity contribution in [3.63, 3.8) is 0 Å². The Morgan fingerprint density at radius 1 is 1.50 bits per heavy atom. The van der Waals surface area contributed by atoms with E-state index in [2.05, 4.69) is 25.8 Å². The second-order valence-corrected chi connectivity index (χ2v) is 4.49. The van der Waals surface area contributed by atoms with Crippen molar-refractivity contribution < 1.29 is 4.74 Å². The minimum Gasteiger partial charge on any atom is -0.363 e. The first kappa shape index (κ1) is 8.52. The molecule has 0 amide bonds. The van der Waals surface area contributed by atoms with Gasteiger partial charge in [0.15, 0.2) is 0 Å². The quantitative estimate of drug-likeness (QED) is 0.549. The summed E-state index contributed by atoms with van der Waals surface area (Å²) in [6.45, 7) is 5.52. The molecule has 0 spiro atoms. The molecule has 1 saturated carbocycles. The first-order valence-corrected chi connectivity index (χ1v) is 4.99. The number of hydrogen-bond donors (Lipinski definition) is 0. The van der Waals surface area contributed by atoms with Gasteiger partial charge in [0.05, 0.1) is 6.61 Å². The standard InChI is InChI=1S/C10H19NO/c1-8-11(3)10(2)6-4-5-9(10)7-12-8/h8-9H,4-7H2,1-3H3/t8-,9+,10+/m0/s1. The third-order valence-electron chi connectivity index (χ3n) is 4.00. The first-order chi connectivity index (χ1) is 5.64. The molecule has 2 fully saturated rings. The predicted octanol–water partition coefficient (Wildman–Crippen LogP) is 1.85. The summed E-state index contributed by atoms with van der Waals surface area (Å²) < 4.78 is 5.70. The van der Waals surface area contributed by atoms with E-state index in [0.29, 0.717) is 11.8 Å². The third-order valence-corrected chi connectivity index (χ3v) is 4.00. The molecule has 70 valence electrons. The molecule has 12 heavy (non-hydrogen) atoms. The minimum atomic E-state index is 0.310. The van der Waals surface area contributed by atoms with Crippen LogP contribution in [-0.2, 0) is 4.74 Å². The van der Waals surface area contributed by atoms with E-state index < -0.39 is 0 Å². The van der Waals surface area contributed by atoms with E-state index in [4.69, 9.17) is 4.74 Å². The SMILES string of the molecule is C[C@@H]1OC[C@H]2CCC[C@@]2(C)N1C. The molecule has 0 aromatic rings. The summed E-state index contributed by atoms with van der Waals surface area (Å²) >= 11 is 0. The molecule has 1 saturated heterocycles. The zero-order valence-corrected chi connectivity index (χ0v) is 8.34. The van der Waals surface area contributed by atoms with Crippen LogP contribution in [0.2, 0.25) is 0 Å². The maximum Gasteiger partial charge on any atom is 0.107 e. The highest BCUT2D eigenvalue weighted by atomic mass is 16.5. The van der Waals surface area contributed by atoms with E-state index in [9.17, 15) is 0 Å². The van der Waals surface area contributed by atoms with Gasteiger partial charge >= 0.3 is 0 Å². The van der Waals surface area contributed by atoms with Crippen molar-refractivity contribution in [3.8, 4) is 0 Å². The van der Waals surface area contributed by atoms with Crippen LogP contribution in [0.15, 0.2) is 0 Å². The van der Waals surface area contributed by atoms with Crippen LogP contribution in [-0.4, -0.2) is 30.3 Å². The van der Waals surface area contributed by atoms with Crippen LogP contribution in [0.4, 0.5) is 0 Å². The van der Waals surface area contributed by atoms with E-state index in [1.165, 1.54) is 19.3 Å². The van der Waals surface area contributed by atoms with Crippen LogP contribution >= 0.6 is 0 Å². The van der Waals surface area contributed by atoms with Crippen LogP contribution in [0.3, 0.4) is 0 Å². The lowest BCUT2D eigenvalue weighted by Gasteiger charge is -2.48. The molecule has 0 N–H and O–H groups in total. The summed E-state index contributed by atoms with van der Waals surface area (Å²) in [7, 11) is 2.20. The molecule has 2 heteroatoms. The van der Waals surface area contributed by atoms with Crippen molar-refractivity contribution >= 4 is 0 Å². The van der Waals surface area contributed by atoms with Crippen molar-refractivity contribution in [1.82, 2.24) is 4.90 Å². The van der Waals surface area contributed by atoms with E-state index in [1.54, 1.807) is 0 Å². The average molecular weight is 169 g/mol. The lowest BCUT2D eigenvalue weighted by molar-refractivity contribution is -0.156. The van der Waals surface area contributed by atoms with Gasteiger partial charge in [0.1, 0.15) is 6.23 Å². The molecule has 0 aromatic heterocycles. The largest absolute Gasteiger partial charge is 0.363 e. The van der Waals surface area contributed by atoms with Gasteiger partial charge in [0.25, 0.3) is 0 Å². The predicted molar refractivity (Wildman–Crippen MR) is 48.9 cm³/mol. The van der Waals surface area contributed by atoms with Gasteiger partial charge in [-0.3, -0.25) is 4.90 Å². The molecular formula is C10H19NO. The fourth-order valence-electron chi connectivity index (χ4n) is 2.73. The smallest absolute Gasteiger partial charge is 0.107 e. The average Bonchev–Trinajstić information content (AvgIpc) is 2.42. The first-order valence-electron chi connectivity index (χ1n) is 4.99. The summed E-state index contributed by atoms with van der Waals surface area (Å²) in [6, 6.07) is 0. The number of hydrogen-bond acceptors (Lipinski definition) is 2. The molecule has 1 aliphatic carbocycles. The van der Waals surface area contributed by atoms with Crippen molar-refractivity contribution in [2.45, 2.75) is 44.9 Å². The summed E-state index contributed by atoms with van der Waals surface area (Å²) in [4.78, 5) is 2.41. The minimum absolute atomic E-state index is 0.310. The Labute approximate surface area is 74.9 Å². The van der Waals surface area contributed by atoms with Crippen molar-refractivity contribution in [2.24, 2.45) is 5.92 Å². The third kappa shape index (κ3) is 1.01. The van der Waals surface area contributed by atoms with Gasteiger partial charge in [-0.05, 0) is 33.7 Å². The molecule has 0 radical (unpaired) electrons. The van der Waals surface area contributed by atoms with Crippen molar-refractivity contribution in [1.29, 1.82) is 0 Å². The van der Waals surface area contributed by atoms with Gasteiger partial charge in [-0.1, -0.05) is 6.42 Å². The molecule has 0 unspecified atom stereocenters. The Hall–Kier alpha value is -0.0800. The number of ether oxygens (including phenoxy) is 1. The van der Waals surface area contributed by atoms with Crippen LogP contribution in [0.1, 0.15) is 33.1 Å². The normalized spacial score (nSPS) is 49.2. The van der Waals surface area contributed by atoms with Crippen LogP contribution < -0.4 is 0 Å². The lowest BCUT2D eigenvalue weighted by atomic mass is 9.86. The molecular weight excluding hydrogens is 150 g/mol. The molecule has 2 rings (SSSR count). The zero-order valence-electron chi connectivity index (χ0n) is 8.34. The summed E-state index contributed by atoms with van der Waals surface area (Å²) in [5, 5.41) is 0. The van der Waals surface area contributed by atoms with Gasteiger partial charge in [0, 0.05) is 11.5 Å². The maximum absolute atomic E-state index is 5.70. The fourth-order valence-corrected chi connectivity index (χ4v) is 2.73. The summed E-state index contributed by atoms with van der Waals surface area (Å²) in [6.07, 6.45) is 4.39. The summed E-state index contributed by atoms with van der Waals surface area (Å²) in [5.41, 5.74) is 0.428. The molecule has 0 aromatic carbocycles. The Morgan fingerprint density at radius 3 is 3.00 bits per heavy atom. The van der Waals surface area contributed by atoms with Crippen LogP contribution in [0.25, 0.3) is 0 Å². The number of rotatable bonds is 0. The Bertz CT molecular complexity index is 183. The zero-order chi connectivity index (χ0) is 8.77. The molecule has 0 bridgehead atoms. The van der Waals surface area contributed by atoms with Gasteiger partial charge in [0.2, 0.25) is 0 Å². The van der Waals surface area contributed by atoms with Crippen LogP contribution in [0.5, 0.6) is 0 Å². The molecule has 3 atom stereocenters. The van der Waals surface area contributed by atoms with E-state index in [1.807, 2.05) is 0 Å². The maximum atomic E-state index is 5.70. The molecule has 1 heterocycles. The van der Waals surface area contributed by atoms with E-state index in [0.717, 1.165) is 12.5 Å². The molecule has 2 nitrogen and oxygen atoms in total. The summed E-state index contributed by atoms with van der Waals surface area (Å²) in [5.74, 6) is 0.777. The van der Waals surface area contributed by atoms with Gasteiger partial charge in [-0.15, -0.1) is 0 Å². The van der Waals surface area contributed by atoms with E-state index >= 15 is 0 Å². The second-order valence-electron chi connectivity index (χ2n) is 4.49. The Kier molecular flexibility index (Phi) is 1.92. The monoisotopic (exact) mass is 169 g/mol. The van der Waals surface area contributed by atoms with E-state index in [-0.39, 0.29) is 0 Å². The second kappa shape index (κ2) is 2.71. The lowest BCUT2D eigenvalue weighted by Crippen LogP contribution is -2.57. The number of fused-ring (bicyclic) bond motifs is 1. The molecule has 2 aliphatic rings. The van der Waals surface area contributed by atoms with Crippen molar-refractivity contribution in [3.05, 3.63) is 0 Å². The van der Waals surface area contributed by atoms with Crippen LogP contribution in [0, 0.1) is 5.92 Å². The molecule has 1 aliphatic heterocycles. The highest BCUT2D eigenvalue weighted by molar-refractivity contribution is 4.98. The van der Waals surface area contributed by atoms with Gasteiger partial charge in [-0.25, -0.2) is 0 Å².